The van der Waals surface area contributed by atoms with Crippen LogP contribution in [0.1, 0.15) is 42.1 Å². The number of hydrogen-bond donors (Lipinski definition) is 1. The summed E-state index contributed by atoms with van der Waals surface area (Å²) in [6, 6.07) is 6.64. The van der Waals surface area contributed by atoms with Crippen LogP contribution in [0.4, 0.5) is 14.6 Å². The molecule has 30 heavy (non-hydrogen) atoms. The van der Waals surface area contributed by atoms with E-state index in [9.17, 15) is 13.6 Å². The van der Waals surface area contributed by atoms with Gasteiger partial charge in [-0.05, 0) is 52.5 Å². The summed E-state index contributed by atoms with van der Waals surface area (Å²) < 4.78 is 29.8. The lowest BCUT2D eigenvalue weighted by atomic mass is 10.2. The first-order chi connectivity index (χ1) is 14.3. The van der Waals surface area contributed by atoms with Crippen molar-refractivity contribution in [3.63, 3.8) is 0 Å². The van der Waals surface area contributed by atoms with Crippen LogP contribution >= 0.6 is 39.1 Å². The van der Waals surface area contributed by atoms with Gasteiger partial charge in [0.1, 0.15) is 12.2 Å². The number of halogens is 5. The maximum Gasteiger partial charge on any atom is 0.280 e. The fourth-order valence-corrected chi connectivity index (χ4v) is 3.76. The Hall–Kier alpha value is -1.97. The highest BCUT2D eigenvalue weighted by atomic mass is 79.9. The third-order valence-corrected chi connectivity index (χ3v) is 5.97. The molecule has 1 N–H and O–H groups in total. The molecule has 0 spiro atoms. The lowest BCUT2D eigenvalue weighted by molar-refractivity contribution is -0.117. The van der Waals surface area contributed by atoms with E-state index in [4.69, 9.17) is 23.2 Å². The number of carbonyl (C=O) groups is 1. The number of anilines is 1. The zero-order chi connectivity index (χ0) is 21.4. The molecule has 0 saturated heterocycles. The standard InChI is InChI=1S/C19H16BrCl2F2N5O/c20-12-8-28(7-10-1-4-13(21)14(22)5-10)27-19(12)25-17(30)9-29-16(18(23)24)6-15(26-29)11-2-3-11/h1,4-6,8,11,18H,2-3,7,9H2,(H,25,27,30). The minimum atomic E-state index is -2.70. The number of rotatable bonds is 7. The van der Waals surface area contributed by atoms with Gasteiger partial charge < -0.3 is 5.32 Å². The van der Waals surface area contributed by atoms with Crippen LogP contribution in [0, 0.1) is 0 Å². The van der Waals surface area contributed by atoms with Crippen LogP contribution in [0.3, 0.4) is 0 Å². The molecule has 1 aliphatic carbocycles. The minimum Gasteiger partial charge on any atom is -0.307 e. The fourth-order valence-electron chi connectivity index (χ4n) is 3.03. The van der Waals surface area contributed by atoms with Gasteiger partial charge in [-0.2, -0.15) is 10.2 Å². The van der Waals surface area contributed by atoms with Crippen molar-refractivity contribution in [3.8, 4) is 0 Å². The van der Waals surface area contributed by atoms with Crippen LogP contribution in [0.25, 0.3) is 0 Å². The van der Waals surface area contributed by atoms with Crippen LogP contribution in [-0.2, 0) is 17.9 Å². The highest BCUT2D eigenvalue weighted by Crippen LogP contribution is 2.40. The summed E-state index contributed by atoms with van der Waals surface area (Å²) in [5.74, 6) is 0.00842. The maximum absolute atomic E-state index is 13.3. The third kappa shape index (κ3) is 4.84. The van der Waals surface area contributed by atoms with Crippen molar-refractivity contribution < 1.29 is 13.6 Å². The van der Waals surface area contributed by atoms with Crippen molar-refractivity contribution in [2.24, 2.45) is 0 Å². The molecule has 11 heteroatoms. The van der Waals surface area contributed by atoms with Crippen LogP contribution in [0.15, 0.2) is 34.9 Å². The SMILES string of the molecule is O=C(Cn1nc(C2CC2)cc1C(F)F)Nc1nn(Cc2ccc(Cl)c(Cl)c2)cc1Br. The van der Waals surface area contributed by atoms with Gasteiger partial charge in [-0.25, -0.2) is 8.78 Å². The summed E-state index contributed by atoms with van der Waals surface area (Å²) in [6.45, 7) is 0.0866. The zero-order valence-corrected chi connectivity index (χ0v) is 18.6. The lowest BCUT2D eigenvalue weighted by Gasteiger charge is -2.07. The van der Waals surface area contributed by atoms with Crippen LogP contribution in [-0.4, -0.2) is 25.5 Å². The van der Waals surface area contributed by atoms with Crippen molar-refractivity contribution in [3.05, 3.63) is 61.9 Å². The van der Waals surface area contributed by atoms with Crippen molar-refractivity contribution in [2.75, 3.05) is 5.32 Å². The topological polar surface area (TPSA) is 64.7 Å². The fraction of sp³-hybridized carbons (Fsp3) is 0.316. The average Bonchev–Trinajstić information content (AvgIpc) is 3.36. The number of nitrogens with zero attached hydrogens (tertiary/aromatic N) is 4. The van der Waals surface area contributed by atoms with Gasteiger partial charge in [0.05, 0.1) is 26.8 Å². The van der Waals surface area contributed by atoms with E-state index in [1.54, 1.807) is 23.0 Å². The van der Waals surface area contributed by atoms with E-state index in [0.717, 1.165) is 23.1 Å². The predicted molar refractivity (Wildman–Crippen MR) is 113 cm³/mol. The maximum atomic E-state index is 13.3. The molecule has 3 aromatic rings. The monoisotopic (exact) mass is 517 g/mol. The van der Waals surface area contributed by atoms with E-state index in [2.05, 4.69) is 31.4 Å². The van der Waals surface area contributed by atoms with Gasteiger partial charge in [0.15, 0.2) is 5.82 Å². The second kappa shape index (κ2) is 8.64. The molecular formula is C19H16BrCl2F2N5O. The Morgan fingerprint density at radius 2 is 2.00 bits per heavy atom. The second-order valence-corrected chi connectivity index (χ2v) is 8.72. The summed E-state index contributed by atoms with van der Waals surface area (Å²) >= 11 is 15.3. The van der Waals surface area contributed by atoms with Gasteiger partial charge in [-0.15, -0.1) is 0 Å². The van der Waals surface area contributed by atoms with Crippen LogP contribution in [0.2, 0.25) is 10.0 Å². The highest BCUT2D eigenvalue weighted by molar-refractivity contribution is 9.10. The van der Waals surface area contributed by atoms with Gasteiger partial charge in [0.2, 0.25) is 5.91 Å². The molecule has 0 atom stereocenters. The number of carbonyl (C=O) groups excluding carboxylic acids is 1. The van der Waals surface area contributed by atoms with E-state index in [1.807, 2.05) is 6.07 Å². The molecule has 1 aliphatic rings. The van der Waals surface area contributed by atoms with Crippen LogP contribution < -0.4 is 5.32 Å². The van der Waals surface area contributed by atoms with Crippen molar-refractivity contribution in [1.82, 2.24) is 19.6 Å². The number of amides is 1. The smallest absolute Gasteiger partial charge is 0.280 e. The molecule has 2 aromatic heterocycles. The summed E-state index contributed by atoms with van der Waals surface area (Å²) in [4.78, 5) is 12.4. The van der Waals surface area contributed by atoms with Gasteiger partial charge in [0.25, 0.3) is 6.43 Å². The molecule has 1 fully saturated rings. The van der Waals surface area contributed by atoms with E-state index >= 15 is 0 Å². The van der Waals surface area contributed by atoms with Crippen molar-refractivity contribution in [1.29, 1.82) is 0 Å². The molecule has 0 aliphatic heterocycles. The van der Waals surface area contributed by atoms with Gasteiger partial charge >= 0.3 is 0 Å². The number of nitrogens with one attached hydrogen (secondary N) is 1. The molecule has 6 nitrogen and oxygen atoms in total. The Kier molecular flexibility index (Phi) is 6.13. The first kappa shape index (κ1) is 21.3. The molecular weight excluding hydrogens is 503 g/mol. The third-order valence-electron chi connectivity index (χ3n) is 4.65. The summed E-state index contributed by atoms with van der Waals surface area (Å²) in [5, 5.41) is 12.0. The number of hydrogen-bond acceptors (Lipinski definition) is 3. The van der Waals surface area contributed by atoms with E-state index in [0.29, 0.717) is 26.8 Å². The molecule has 158 valence electrons. The molecule has 0 bridgehead atoms. The molecule has 2 heterocycles. The zero-order valence-electron chi connectivity index (χ0n) is 15.5. The number of benzene rings is 1. The van der Waals surface area contributed by atoms with E-state index in [-0.39, 0.29) is 24.0 Å². The summed E-state index contributed by atoms with van der Waals surface area (Å²) in [7, 11) is 0. The Bertz CT molecular complexity index is 1100. The average molecular weight is 519 g/mol. The van der Waals surface area contributed by atoms with Crippen LogP contribution in [0.5, 0.6) is 0 Å². The first-order valence-corrected chi connectivity index (χ1v) is 10.7. The molecule has 1 saturated carbocycles. The first-order valence-electron chi connectivity index (χ1n) is 9.12. The van der Waals surface area contributed by atoms with Crippen molar-refractivity contribution >= 4 is 50.9 Å². The summed E-state index contributed by atoms with van der Waals surface area (Å²) in [6.07, 6.45) is 0.876. The predicted octanol–water partition coefficient (Wildman–Crippen LogP) is 5.65. The van der Waals surface area contributed by atoms with Gasteiger partial charge in [-0.1, -0.05) is 29.3 Å². The number of aromatic nitrogens is 4. The van der Waals surface area contributed by atoms with Gasteiger partial charge in [0, 0.05) is 12.1 Å². The van der Waals surface area contributed by atoms with E-state index < -0.39 is 12.3 Å². The number of alkyl halides is 2. The molecule has 4 rings (SSSR count). The molecule has 1 aromatic carbocycles. The largest absolute Gasteiger partial charge is 0.307 e. The van der Waals surface area contributed by atoms with E-state index in [1.165, 1.54) is 6.07 Å². The summed E-state index contributed by atoms with van der Waals surface area (Å²) in [5.41, 5.74) is 1.24. The normalized spacial score (nSPS) is 13.8. The molecule has 1 amide bonds. The Balaban J connectivity index is 1.44. The Labute approximate surface area is 189 Å². The molecule has 0 unspecified atom stereocenters. The van der Waals surface area contributed by atoms with Crippen molar-refractivity contribution in [2.45, 2.75) is 38.3 Å². The quantitative estimate of drug-likeness (QED) is 0.439. The highest BCUT2D eigenvalue weighted by Gasteiger charge is 2.29. The molecule has 0 radical (unpaired) electrons. The Morgan fingerprint density at radius 3 is 2.67 bits per heavy atom. The second-order valence-electron chi connectivity index (χ2n) is 7.05. The Morgan fingerprint density at radius 1 is 1.23 bits per heavy atom. The van der Waals surface area contributed by atoms with Gasteiger partial charge in [-0.3, -0.25) is 14.2 Å². The lowest BCUT2D eigenvalue weighted by Crippen LogP contribution is -2.21. The minimum absolute atomic E-state index is 0.220.